The molecule has 0 fully saturated rings. The first-order valence-electron chi connectivity index (χ1n) is 7.69. The molecule has 1 aromatic heterocycles. The average Bonchev–Trinajstić information content (AvgIpc) is 3.04. The molecule has 0 radical (unpaired) electrons. The predicted molar refractivity (Wildman–Crippen MR) is 96.2 cm³/mol. The summed E-state index contributed by atoms with van der Waals surface area (Å²) in [7, 11) is 0. The standard InChI is InChI=1S/C19H19BrN2O/c1-14(15-7-3-2-4-8-15)11-21-12-16-13-23-19(22-16)17-9-5-6-10-18(17)20/h2-10,13-14,21H,11-12H2,1H3. The van der Waals surface area contributed by atoms with Crippen LogP contribution in [0.25, 0.3) is 11.5 Å². The van der Waals surface area contributed by atoms with Gasteiger partial charge in [-0.1, -0.05) is 49.4 Å². The van der Waals surface area contributed by atoms with E-state index in [2.05, 4.69) is 57.4 Å². The fourth-order valence-corrected chi connectivity index (χ4v) is 2.92. The van der Waals surface area contributed by atoms with Gasteiger partial charge in [-0.05, 0) is 39.5 Å². The van der Waals surface area contributed by atoms with Crippen LogP contribution in [0.1, 0.15) is 24.1 Å². The first kappa shape index (κ1) is 16.0. The van der Waals surface area contributed by atoms with Gasteiger partial charge in [-0.3, -0.25) is 0 Å². The molecule has 0 amide bonds. The monoisotopic (exact) mass is 370 g/mol. The van der Waals surface area contributed by atoms with Crippen molar-refractivity contribution in [2.45, 2.75) is 19.4 Å². The molecule has 0 aliphatic carbocycles. The van der Waals surface area contributed by atoms with Gasteiger partial charge in [0.15, 0.2) is 0 Å². The van der Waals surface area contributed by atoms with Crippen LogP contribution in [0, 0.1) is 0 Å². The number of halogens is 1. The van der Waals surface area contributed by atoms with Crippen LogP contribution in [-0.4, -0.2) is 11.5 Å². The summed E-state index contributed by atoms with van der Waals surface area (Å²) in [6.45, 7) is 3.82. The molecule has 1 N–H and O–H groups in total. The van der Waals surface area contributed by atoms with Gasteiger partial charge >= 0.3 is 0 Å². The van der Waals surface area contributed by atoms with E-state index < -0.39 is 0 Å². The van der Waals surface area contributed by atoms with E-state index in [4.69, 9.17) is 4.42 Å². The lowest BCUT2D eigenvalue weighted by atomic mass is 10.0. The highest BCUT2D eigenvalue weighted by molar-refractivity contribution is 9.10. The zero-order valence-corrected chi connectivity index (χ0v) is 14.6. The third-order valence-electron chi connectivity index (χ3n) is 3.78. The second-order valence-electron chi connectivity index (χ2n) is 5.57. The Labute approximate surface area is 144 Å². The summed E-state index contributed by atoms with van der Waals surface area (Å²) in [5.74, 6) is 1.11. The lowest BCUT2D eigenvalue weighted by Gasteiger charge is -2.12. The number of hydrogen-bond acceptors (Lipinski definition) is 3. The van der Waals surface area contributed by atoms with Gasteiger partial charge in [-0.25, -0.2) is 4.98 Å². The third kappa shape index (κ3) is 4.09. The third-order valence-corrected chi connectivity index (χ3v) is 4.47. The van der Waals surface area contributed by atoms with Crippen molar-refractivity contribution in [3.8, 4) is 11.5 Å². The summed E-state index contributed by atoms with van der Waals surface area (Å²) in [5.41, 5.74) is 3.22. The van der Waals surface area contributed by atoms with E-state index in [1.165, 1.54) is 5.56 Å². The molecule has 0 bridgehead atoms. The van der Waals surface area contributed by atoms with Crippen molar-refractivity contribution >= 4 is 15.9 Å². The first-order valence-corrected chi connectivity index (χ1v) is 8.48. The summed E-state index contributed by atoms with van der Waals surface area (Å²) in [6, 6.07) is 18.4. The first-order chi connectivity index (χ1) is 11.2. The van der Waals surface area contributed by atoms with Crippen LogP contribution >= 0.6 is 15.9 Å². The molecule has 0 saturated heterocycles. The summed E-state index contributed by atoms with van der Waals surface area (Å²) in [5, 5.41) is 3.45. The van der Waals surface area contributed by atoms with Crippen molar-refractivity contribution < 1.29 is 4.42 Å². The maximum atomic E-state index is 5.59. The summed E-state index contributed by atoms with van der Waals surface area (Å²) in [6.07, 6.45) is 1.72. The number of hydrogen-bond donors (Lipinski definition) is 1. The topological polar surface area (TPSA) is 38.1 Å². The highest BCUT2D eigenvalue weighted by atomic mass is 79.9. The van der Waals surface area contributed by atoms with Crippen molar-refractivity contribution in [1.29, 1.82) is 0 Å². The number of benzene rings is 2. The number of oxazole rings is 1. The fraction of sp³-hybridized carbons (Fsp3) is 0.211. The van der Waals surface area contributed by atoms with Crippen LogP contribution in [0.4, 0.5) is 0 Å². The largest absolute Gasteiger partial charge is 0.444 e. The molecule has 1 atom stereocenters. The van der Waals surface area contributed by atoms with E-state index >= 15 is 0 Å². The van der Waals surface area contributed by atoms with Crippen LogP contribution in [0.2, 0.25) is 0 Å². The van der Waals surface area contributed by atoms with Crippen LogP contribution in [0.3, 0.4) is 0 Å². The Morgan fingerprint density at radius 1 is 1.09 bits per heavy atom. The minimum absolute atomic E-state index is 0.464. The fourth-order valence-electron chi connectivity index (χ4n) is 2.46. The summed E-state index contributed by atoms with van der Waals surface area (Å²) < 4.78 is 6.58. The quantitative estimate of drug-likeness (QED) is 0.663. The van der Waals surface area contributed by atoms with Gasteiger partial charge in [0, 0.05) is 17.6 Å². The van der Waals surface area contributed by atoms with E-state index in [-0.39, 0.29) is 0 Å². The second-order valence-corrected chi connectivity index (χ2v) is 6.42. The van der Waals surface area contributed by atoms with E-state index in [9.17, 15) is 0 Å². The maximum absolute atomic E-state index is 5.59. The van der Waals surface area contributed by atoms with Gasteiger partial charge in [0.05, 0.1) is 11.3 Å². The lowest BCUT2D eigenvalue weighted by Crippen LogP contribution is -2.19. The zero-order chi connectivity index (χ0) is 16.1. The van der Waals surface area contributed by atoms with Crippen LogP contribution in [0.5, 0.6) is 0 Å². The smallest absolute Gasteiger partial charge is 0.227 e. The lowest BCUT2D eigenvalue weighted by molar-refractivity contribution is 0.566. The van der Waals surface area contributed by atoms with E-state index in [1.807, 2.05) is 30.3 Å². The second kappa shape index (κ2) is 7.57. The SMILES string of the molecule is CC(CNCc1coc(-c2ccccc2Br)n1)c1ccccc1. The van der Waals surface area contributed by atoms with Gasteiger partial charge in [0.25, 0.3) is 0 Å². The molecule has 3 nitrogen and oxygen atoms in total. The molecule has 0 aliphatic heterocycles. The average molecular weight is 371 g/mol. The van der Waals surface area contributed by atoms with Gasteiger partial charge in [0.2, 0.25) is 5.89 Å². The Bertz CT molecular complexity index is 755. The van der Waals surface area contributed by atoms with Crippen LogP contribution < -0.4 is 5.32 Å². The highest BCUT2D eigenvalue weighted by Crippen LogP contribution is 2.27. The normalized spacial score (nSPS) is 12.3. The van der Waals surface area contributed by atoms with Crippen LogP contribution in [-0.2, 0) is 6.54 Å². The molecule has 3 aromatic rings. The van der Waals surface area contributed by atoms with Crippen molar-refractivity contribution in [3.05, 3.63) is 76.6 Å². The molecule has 23 heavy (non-hydrogen) atoms. The molecular weight excluding hydrogens is 352 g/mol. The van der Waals surface area contributed by atoms with Gasteiger partial charge in [-0.15, -0.1) is 0 Å². The molecule has 0 aliphatic rings. The van der Waals surface area contributed by atoms with Crippen LogP contribution in [0.15, 0.2) is 69.8 Å². The molecule has 4 heteroatoms. The van der Waals surface area contributed by atoms with Gasteiger partial charge < -0.3 is 9.73 Å². The van der Waals surface area contributed by atoms with Crippen molar-refractivity contribution in [2.75, 3.05) is 6.54 Å². The zero-order valence-electron chi connectivity index (χ0n) is 13.0. The number of nitrogens with zero attached hydrogens (tertiary/aromatic N) is 1. The summed E-state index contributed by atoms with van der Waals surface area (Å²) >= 11 is 3.52. The van der Waals surface area contributed by atoms with Gasteiger partial charge in [-0.2, -0.15) is 0 Å². The van der Waals surface area contributed by atoms with E-state index in [0.717, 1.165) is 22.3 Å². The molecule has 118 valence electrons. The van der Waals surface area contributed by atoms with Gasteiger partial charge in [0.1, 0.15) is 6.26 Å². The Morgan fingerprint density at radius 3 is 2.61 bits per heavy atom. The van der Waals surface area contributed by atoms with E-state index in [0.29, 0.717) is 18.4 Å². The molecule has 3 rings (SSSR count). The Kier molecular flexibility index (Phi) is 5.26. The molecule has 1 unspecified atom stereocenters. The summed E-state index contributed by atoms with van der Waals surface area (Å²) in [4.78, 5) is 4.55. The highest BCUT2D eigenvalue weighted by Gasteiger charge is 2.10. The molecule has 1 heterocycles. The Morgan fingerprint density at radius 2 is 1.83 bits per heavy atom. The molecule has 2 aromatic carbocycles. The maximum Gasteiger partial charge on any atom is 0.227 e. The number of aromatic nitrogens is 1. The molecule has 0 saturated carbocycles. The van der Waals surface area contributed by atoms with Crippen molar-refractivity contribution in [1.82, 2.24) is 10.3 Å². The van der Waals surface area contributed by atoms with Crippen molar-refractivity contribution in [3.63, 3.8) is 0 Å². The minimum atomic E-state index is 0.464. The Hall–Kier alpha value is -1.91. The molecular formula is C19H19BrN2O. The number of rotatable bonds is 6. The number of nitrogens with one attached hydrogen (secondary N) is 1. The van der Waals surface area contributed by atoms with Crippen molar-refractivity contribution in [2.24, 2.45) is 0 Å². The Balaban J connectivity index is 1.57. The minimum Gasteiger partial charge on any atom is -0.444 e. The molecule has 0 spiro atoms. The van der Waals surface area contributed by atoms with E-state index in [1.54, 1.807) is 6.26 Å². The predicted octanol–water partition coefficient (Wildman–Crippen LogP) is 5.00.